The Balaban J connectivity index is 1.56. The second-order valence-corrected chi connectivity index (χ2v) is 9.78. The molecule has 7 heteroatoms. The van der Waals surface area contributed by atoms with Crippen molar-refractivity contribution in [1.82, 2.24) is 19.7 Å². The summed E-state index contributed by atoms with van der Waals surface area (Å²) < 4.78 is 2.24. The Labute approximate surface area is 177 Å². The first-order valence-electron chi connectivity index (χ1n) is 9.17. The maximum atomic E-state index is 4.79. The van der Waals surface area contributed by atoms with E-state index in [2.05, 4.69) is 65.4 Å². The fourth-order valence-electron chi connectivity index (χ4n) is 2.98. The van der Waals surface area contributed by atoms with E-state index in [9.17, 15) is 0 Å². The molecule has 28 heavy (non-hydrogen) atoms. The van der Waals surface area contributed by atoms with E-state index < -0.39 is 0 Å². The lowest BCUT2D eigenvalue weighted by molar-refractivity contribution is 0.555. The first-order valence-corrected chi connectivity index (χ1v) is 11.9. The molecular weight excluding hydrogens is 404 g/mol. The Kier molecular flexibility index (Phi) is 5.66. The molecule has 0 aliphatic rings. The van der Waals surface area contributed by atoms with Crippen molar-refractivity contribution in [2.24, 2.45) is 0 Å². The van der Waals surface area contributed by atoms with Crippen molar-refractivity contribution >= 4 is 34.4 Å². The number of thioether (sulfide) groups is 1. The van der Waals surface area contributed by atoms with Gasteiger partial charge in [-0.15, -0.1) is 32.9 Å². The summed E-state index contributed by atoms with van der Waals surface area (Å²) in [4.78, 5) is 6.13. The van der Waals surface area contributed by atoms with Gasteiger partial charge in [0.2, 0.25) is 0 Å². The van der Waals surface area contributed by atoms with Crippen LogP contribution in [0.5, 0.6) is 0 Å². The van der Waals surface area contributed by atoms with E-state index in [0.29, 0.717) is 6.04 Å². The summed E-state index contributed by atoms with van der Waals surface area (Å²) in [7, 11) is 0. The number of aromatic nitrogens is 4. The summed E-state index contributed by atoms with van der Waals surface area (Å²) in [6.07, 6.45) is 0. The van der Waals surface area contributed by atoms with E-state index in [-0.39, 0.29) is 0 Å². The molecular formula is C21H22N4S3. The molecule has 4 rings (SSSR count). The van der Waals surface area contributed by atoms with Gasteiger partial charge in [-0.1, -0.05) is 42.1 Å². The predicted molar refractivity (Wildman–Crippen MR) is 120 cm³/mol. The van der Waals surface area contributed by atoms with E-state index in [1.54, 1.807) is 34.4 Å². The van der Waals surface area contributed by atoms with Crippen LogP contribution in [0.4, 0.5) is 0 Å². The molecule has 4 nitrogen and oxygen atoms in total. The van der Waals surface area contributed by atoms with Crippen LogP contribution in [-0.2, 0) is 5.75 Å². The third-order valence-corrected chi connectivity index (χ3v) is 7.56. The fourth-order valence-corrected chi connectivity index (χ4v) is 5.74. The number of thiazole rings is 1. The third kappa shape index (κ3) is 3.79. The first kappa shape index (κ1) is 19.4. The number of benzene rings is 1. The molecule has 0 amide bonds. The molecule has 0 bridgehead atoms. The van der Waals surface area contributed by atoms with Crippen LogP contribution in [0.15, 0.2) is 46.2 Å². The number of nitrogens with zero attached hydrogens (tertiary/aromatic N) is 4. The molecule has 0 aliphatic carbocycles. The highest BCUT2D eigenvalue weighted by atomic mass is 32.2. The van der Waals surface area contributed by atoms with Crippen molar-refractivity contribution in [2.75, 3.05) is 0 Å². The zero-order valence-electron chi connectivity index (χ0n) is 16.3. The van der Waals surface area contributed by atoms with Crippen LogP contribution < -0.4 is 0 Å². The van der Waals surface area contributed by atoms with Crippen LogP contribution in [0.3, 0.4) is 0 Å². The molecule has 0 atom stereocenters. The Bertz CT molecular complexity index is 1080. The van der Waals surface area contributed by atoms with Crippen LogP contribution in [0.2, 0.25) is 0 Å². The van der Waals surface area contributed by atoms with Gasteiger partial charge in [-0.2, -0.15) is 0 Å². The maximum absolute atomic E-state index is 4.79. The minimum Gasteiger partial charge on any atom is -0.299 e. The molecule has 0 radical (unpaired) electrons. The van der Waals surface area contributed by atoms with Gasteiger partial charge < -0.3 is 0 Å². The van der Waals surface area contributed by atoms with Gasteiger partial charge in [0.25, 0.3) is 0 Å². The fraction of sp³-hybridized carbons (Fsp3) is 0.286. The van der Waals surface area contributed by atoms with E-state index >= 15 is 0 Å². The maximum Gasteiger partial charge on any atom is 0.192 e. The second kappa shape index (κ2) is 8.19. The van der Waals surface area contributed by atoms with Crippen molar-refractivity contribution < 1.29 is 0 Å². The standard InChI is InChI=1S/C21H22N4S3/c1-13(2)25-19(18-12-26-15(4)14(18)3)23-24-21(25)28-11-17-10-27-20(22-17)16-8-6-5-7-9-16/h5-10,12-13H,11H2,1-4H3. The van der Waals surface area contributed by atoms with E-state index in [0.717, 1.165) is 27.4 Å². The topological polar surface area (TPSA) is 43.6 Å². The van der Waals surface area contributed by atoms with Gasteiger partial charge in [-0.05, 0) is 33.3 Å². The molecule has 0 fully saturated rings. The number of hydrogen-bond donors (Lipinski definition) is 0. The molecule has 0 spiro atoms. The second-order valence-electron chi connectivity index (χ2n) is 6.90. The average molecular weight is 427 g/mol. The van der Waals surface area contributed by atoms with Crippen molar-refractivity contribution in [3.63, 3.8) is 0 Å². The lowest BCUT2D eigenvalue weighted by Gasteiger charge is -2.13. The smallest absolute Gasteiger partial charge is 0.192 e. The molecule has 4 aromatic rings. The predicted octanol–water partition coefficient (Wildman–Crippen LogP) is 6.62. The lowest BCUT2D eigenvalue weighted by Crippen LogP contribution is -2.05. The molecule has 1 aromatic carbocycles. The van der Waals surface area contributed by atoms with Crippen molar-refractivity contribution in [1.29, 1.82) is 0 Å². The van der Waals surface area contributed by atoms with E-state index in [1.807, 2.05) is 18.2 Å². The van der Waals surface area contributed by atoms with Gasteiger partial charge in [0.15, 0.2) is 11.0 Å². The number of thiophene rings is 1. The van der Waals surface area contributed by atoms with E-state index in [4.69, 9.17) is 4.98 Å². The zero-order valence-corrected chi connectivity index (χ0v) is 18.8. The summed E-state index contributed by atoms with van der Waals surface area (Å²) >= 11 is 5.16. The van der Waals surface area contributed by atoms with Gasteiger partial charge in [0, 0.05) is 38.6 Å². The van der Waals surface area contributed by atoms with Crippen LogP contribution >= 0.6 is 34.4 Å². The highest BCUT2D eigenvalue weighted by Crippen LogP contribution is 2.34. The molecule has 3 heterocycles. The summed E-state index contributed by atoms with van der Waals surface area (Å²) in [5.74, 6) is 1.75. The quantitative estimate of drug-likeness (QED) is 0.325. The molecule has 0 saturated carbocycles. The largest absolute Gasteiger partial charge is 0.299 e. The van der Waals surface area contributed by atoms with Gasteiger partial charge in [0.05, 0.1) is 5.69 Å². The molecule has 144 valence electrons. The summed E-state index contributed by atoms with van der Waals surface area (Å²) in [5.41, 5.74) is 4.73. The van der Waals surface area contributed by atoms with E-state index in [1.165, 1.54) is 21.6 Å². The minimum atomic E-state index is 0.294. The highest BCUT2D eigenvalue weighted by Gasteiger charge is 2.20. The lowest BCUT2D eigenvalue weighted by atomic mass is 10.1. The minimum absolute atomic E-state index is 0.294. The van der Waals surface area contributed by atoms with Gasteiger partial charge in [-0.3, -0.25) is 4.57 Å². The van der Waals surface area contributed by atoms with Crippen molar-refractivity contribution in [3.8, 4) is 22.0 Å². The summed E-state index contributed by atoms with van der Waals surface area (Å²) in [6, 6.07) is 10.6. The summed E-state index contributed by atoms with van der Waals surface area (Å²) in [5, 5.41) is 15.4. The number of hydrogen-bond acceptors (Lipinski definition) is 6. The summed E-state index contributed by atoms with van der Waals surface area (Å²) in [6.45, 7) is 8.68. The molecule has 3 aromatic heterocycles. The zero-order chi connectivity index (χ0) is 19.7. The number of aryl methyl sites for hydroxylation is 1. The highest BCUT2D eigenvalue weighted by molar-refractivity contribution is 7.98. The van der Waals surface area contributed by atoms with Gasteiger partial charge in [-0.25, -0.2) is 4.98 Å². The third-order valence-electron chi connectivity index (χ3n) is 4.63. The molecule has 0 unspecified atom stereocenters. The molecule has 0 N–H and O–H groups in total. The average Bonchev–Trinajstić information content (AvgIpc) is 3.40. The number of rotatable bonds is 6. The van der Waals surface area contributed by atoms with Crippen LogP contribution in [0, 0.1) is 13.8 Å². The Morgan fingerprint density at radius 3 is 2.50 bits per heavy atom. The Morgan fingerprint density at radius 1 is 1.04 bits per heavy atom. The van der Waals surface area contributed by atoms with Crippen LogP contribution in [0.1, 0.15) is 36.0 Å². The van der Waals surface area contributed by atoms with Crippen LogP contribution in [-0.4, -0.2) is 19.7 Å². The Hall–Kier alpha value is -1.96. The van der Waals surface area contributed by atoms with Crippen LogP contribution in [0.25, 0.3) is 22.0 Å². The molecule has 0 saturated heterocycles. The van der Waals surface area contributed by atoms with Gasteiger partial charge in [0.1, 0.15) is 5.01 Å². The van der Waals surface area contributed by atoms with Gasteiger partial charge >= 0.3 is 0 Å². The SMILES string of the molecule is Cc1scc(-c2nnc(SCc3csc(-c4ccccc4)n3)n2C(C)C)c1C. The normalized spacial score (nSPS) is 11.5. The monoisotopic (exact) mass is 426 g/mol. The molecule has 0 aliphatic heterocycles. The Morgan fingerprint density at radius 2 is 1.82 bits per heavy atom. The van der Waals surface area contributed by atoms with Crippen molar-refractivity contribution in [2.45, 2.75) is 44.6 Å². The first-order chi connectivity index (χ1) is 13.5. The van der Waals surface area contributed by atoms with Crippen molar-refractivity contribution in [3.05, 3.63) is 57.2 Å².